The third-order valence-corrected chi connectivity index (χ3v) is 5.96. The van der Waals surface area contributed by atoms with Gasteiger partial charge in [-0.25, -0.2) is 4.99 Å². The molecular formula is C21H31F3N2O. The Balaban J connectivity index is 1.55. The number of alkyl halides is 3. The summed E-state index contributed by atoms with van der Waals surface area (Å²) >= 11 is 0. The standard InChI is InChI=1S/C21H31F3N2O/c1-16(21(22,23)24)27-20-9-5-8-18-11-14-26(15-12-19(18)25-20)13-10-17-6-3-2-4-7-17/h5,8,16-17H,2-4,6-7,9-15H2,1H3/t16-/m1/s1. The molecule has 0 unspecified atom stereocenters. The molecule has 1 aliphatic carbocycles. The topological polar surface area (TPSA) is 24.8 Å². The largest absolute Gasteiger partial charge is 0.468 e. The van der Waals surface area contributed by atoms with Crippen LogP contribution in [0, 0.1) is 5.92 Å². The fourth-order valence-electron chi connectivity index (χ4n) is 4.17. The van der Waals surface area contributed by atoms with Crippen LogP contribution in [0.4, 0.5) is 13.2 Å². The molecule has 0 N–H and O–H groups in total. The van der Waals surface area contributed by atoms with Gasteiger partial charge in [0, 0.05) is 31.6 Å². The van der Waals surface area contributed by atoms with Gasteiger partial charge in [0.1, 0.15) is 0 Å². The third-order valence-electron chi connectivity index (χ3n) is 5.96. The van der Waals surface area contributed by atoms with E-state index in [-0.39, 0.29) is 5.90 Å². The van der Waals surface area contributed by atoms with Crippen molar-refractivity contribution in [3.8, 4) is 0 Å². The molecule has 3 nitrogen and oxygen atoms in total. The maximum absolute atomic E-state index is 12.8. The van der Waals surface area contributed by atoms with Crippen LogP contribution in [0.3, 0.4) is 0 Å². The first kappa shape index (κ1) is 20.4. The molecule has 3 aliphatic rings. The van der Waals surface area contributed by atoms with Gasteiger partial charge >= 0.3 is 6.18 Å². The minimum Gasteiger partial charge on any atom is -0.468 e. The monoisotopic (exact) mass is 384 g/mol. The summed E-state index contributed by atoms with van der Waals surface area (Å²) in [6.45, 7) is 4.07. The lowest BCUT2D eigenvalue weighted by Gasteiger charge is -2.26. The van der Waals surface area contributed by atoms with E-state index in [1.54, 1.807) is 0 Å². The molecule has 1 fully saturated rings. The summed E-state index contributed by atoms with van der Waals surface area (Å²) in [5.41, 5.74) is 2.04. The van der Waals surface area contributed by atoms with Gasteiger partial charge in [0.05, 0.1) is 0 Å². The van der Waals surface area contributed by atoms with Crippen molar-refractivity contribution < 1.29 is 17.9 Å². The molecule has 1 atom stereocenters. The molecule has 152 valence electrons. The van der Waals surface area contributed by atoms with Gasteiger partial charge in [0.15, 0.2) is 12.0 Å². The van der Waals surface area contributed by atoms with E-state index in [4.69, 9.17) is 4.74 Å². The van der Waals surface area contributed by atoms with Crippen LogP contribution >= 0.6 is 0 Å². The maximum Gasteiger partial charge on any atom is 0.425 e. The highest BCUT2D eigenvalue weighted by atomic mass is 19.4. The van der Waals surface area contributed by atoms with E-state index in [0.29, 0.717) is 6.42 Å². The Bertz CT molecular complexity index is 589. The molecule has 0 radical (unpaired) electrons. The molecule has 3 rings (SSSR count). The highest BCUT2D eigenvalue weighted by Crippen LogP contribution is 2.29. The molecule has 27 heavy (non-hydrogen) atoms. The van der Waals surface area contributed by atoms with E-state index in [9.17, 15) is 13.2 Å². The number of ether oxygens (including phenoxy) is 1. The summed E-state index contributed by atoms with van der Waals surface area (Å²) in [5, 5.41) is 0. The summed E-state index contributed by atoms with van der Waals surface area (Å²) in [6, 6.07) is 0. The van der Waals surface area contributed by atoms with Crippen LogP contribution in [0.1, 0.15) is 64.7 Å². The van der Waals surface area contributed by atoms with Crippen LogP contribution in [0.2, 0.25) is 0 Å². The number of aliphatic imine (C=N–C) groups is 1. The first-order valence-electron chi connectivity index (χ1n) is 10.3. The molecule has 1 saturated carbocycles. The molecule has 6 heteroatoms. The van der Waals surface area contributed by atoms with E-state index in [2.05, 4.69) is 9.89 Å². The van der Waals surface area contributed by atoms with Gasteiger partial charge in [0.2, 0.25) is 0 Å². The average Bonchev–Trinajstić information content (AvgIpc) is 2.94. The quantitative estimate of drug-likeness (QED) is 0.627. The zero-order chi connectivity index (χ0) is 19.3. The molecule has 0 aromatic carbocycles. The van der Waals surface area contributed by atoms with Crippen molar-refractivity contribution in [1.29, 1.82) is 0 Å². The van der Waals surface area contributed by atoms with E-state index in [1.807, 2.05) is 12.2 Å². The van der Waals surface area contributed by atoms with E-state index in [0.717, 1.165) is 56.6 Å². The summed E-state index contributed by atoms with van der Waals surface area (Å²) in [5.74, 6) is 1.05. The zero-order valence-electron chi connectivity index (χ0n) is 16.2. The van der Waals surface area contributed by atoms with Crippen molar-refractivity contribution in [2.24, 2.45) is 10.9 Å². The maximum atomic E-state index is 12.8. The van der Waals surface area contributed by atoms with Gasteiger partial charge in [-0.15, -0.1) is 0 Å². The van der Waals surface area contributed by atoms with Crippen molar-refractivity contribution in [2.75, 3.05) is 19.6 Å². The van der Waals surface area contributed by atoms with Crippen LogP contribution in [0.25, 0.3) is 0 Å². The fraction of sp³-hybridized carbons (Fsp3) is 0.762. The van der Waals surface area contributed by atoms with Crippen molar-refractivity contribution in [3.63, 3.8) is 0 Å². The molecule has 0 saturated heterocycles. The zero-order valence-corrected chi connectivity index (χ0v) is 16.2. The van der Waals surface area contributed by atoms with E-state index in [1.165, 1.54) is 38.5 Å². The van der Waals surface area contributed by atoms with Gasteiger partial charge in [0.25, 0.3) is 0 Å². The van der Waals surface area contributed by atoms with Crippen LogP contribution < -0.4 is 0 Å². The second-order valence-corrected chi connectivity index (χ2v) is 8.02. The lowest BCUT2D eigenvalue weighted by molar-refractivity contribution is -0.193. The molecule has 2 heterocycles. The first-order chi connectivity index (χ1) is 12.9. The number of halogens is 3. The number of hydrogen-bond donors (Lipinski definition) is 0. The lowest BCUT2D eigenvalue weighted by Crippen LogP contribution is -2.30. The second kappa shape index (κ2) is 9.26. The molecule has 0 aromatic heterocycles. The third kappa shape index (κ3) is 6.09. The molecule has 0 spiro atoms. The van der Waals surface area contributed by atoms with Gasteiger partial charge in [-0.2, -0.15) is 13.2 Å². The van der Waals surface area contributed by atoms with E-state index < -0.39 is 12.3 Å². The SMILES string of the molecule is C[C@@H](OC1=NC2=C(C=CC1)CCN(CCC1CCCCC1)CC2)C(F)(F)F. The minimum absolute atomic E-state index is 0.178. The number of hydrogen-bond acceptors (Lipinski definition) is 3. The number of allylic oxidation sites excluding steroid dienone is 1. The van der Waals surface area contributed by atoms with Crippen LogP contribution in [-0.2, 0) is 4.74 Å². The van der Waals surface area contributed by atoms with Crippen molar-refractivity contribution in [2.45, 2.75) is 77.0 Å². The molecular weight excluding hydrogens is 353 g/mol. The molecule has 0 amide bonds. The Labute approximate surface area is 160 Å². The molecule has 0 aromatic rings. The Morgan fingerprint density at radius 3 is 2.67 bits per heavy atom. The summed E-state index contributed by atoms with van der Waals surface area (Å²) in [4.78, 5) is 6.97. The smallest absolute Gasteiger partial charge is 0.425 e. The number of nitrogens with zero attached hydrogens (tertiary/aromatic N) is 2. The van der Waals surface area contributed by atoms with Crippen LogP contribution in [-0.4, -0.2) is 42.7 Å². The van der Waals surface area contributed by atoms with Crippen molar-refractivity contribution in [1.82, 2.24) is 4.90 Å². The predicted molar refractivity (Wildman–Crippen MR) is 102 cm³/mol. The Kier molecular flexibility index (Phi) is 7.01. The average molecular weight is 384 g/mol. The second-order valence-electron chi connectivity index (χ2n) is 8.02. The van der Waals surface area contributed by atoms with Gasteiger partial charge < -0.3 is 9.64 Å². The predicted octanol–water partition coefficient (Wildman–Crippen LogP) is 5.63. The van der Waals surface area contributed by atoms with Crippen LogP contribution in [0.5, 0.6) is 0 Å². The van der Waals surface area contributed by atoms with Crippen molar-refractivity contribution in [3.05, 3.63) is 23.4 Å². The Morgan fingerprint density at radius 1 is 1.19 bits per heavy atom. The Morgan fingerprint density at radius 2 is 1.93 bits per heavy atom. The highest BCUT2D eigenvalue weighted by molar-refractivity contribution is 5.80. The molecule has 0 bridgehead atoms. The summed E-state index contributed by atoms with van der Waals surface area (Å²) in [7, 11) is 0. The fourth-order valence-corrected chi connectivity index (χ4v) is 4.17. The minimum atomic E-state index is -4.37. The van der Waals surface area contributed by atoms with Crippen LogP contribution in [0.15, 0.2) is 28.4 Å². The van der Waals surface area contributed by atoms with E-state index >= 15 is 0 Å². The summed E-state index contributed by atoms with van der Waals surface area (Å²) < 4.78 is 43.4. The van der Waals surface area contributed by atoms with Gasteiger partial charge in [-0.1, -0.05) is 44.3 Å². The Hall–Kier alpha value is -1.30. The number of rotatable bonds is 4. The van der Waals surface area contributed by atoms with Crippen molar-refractivity contribution >= 4 is 5.90 Å². The lowest BCUT2D eigenvalue weighted by atomic mass is 9.87. The first-order valence-corrected chi connectivity index (χ1v) is 10.3. The van der Waals surface area contributed by atoms with Gasteiger partial charge in [-0.05, 0) is 37.8 Å². The van der Waals surface area contributed by atoms with Gasteiger partial charge in [-0.3, -0.25) is 0 Å². The molecule has 2 aliphatic heterocycles. The highest BCUT2D eigenvalue weighted by Gasteiger charge is 2.38. The summed E-state index contributed by atoms with van der Waals surface area (Å²) in [6.07, 6.45) is 7.84. The normalized spacial score (nSPS) is 24.1.